The molecule has 0 aromatic carbocycles. The summed E-state index contributed by atoms with van der Waals surface area (Å²) in [6.07, 6.45) is 4.46. The first-order valence-corrected chi connectivity index (χ1v) is 11.3. The van der Waals surface area contributed by atoms with Gasteiger partial charge in [-0.15, -0.1) is 0 Å². The Kier molecular flexibility index (Phi) is 6.91. The monoisotopic (exact) mass is 401 g/mol. The summed E-state index contributed by atoms with van der Waals surface area (Å²) >= 11 is 6.41. The highest BCUT2D eigenvalue weighted by Crippen LogP contribution is 2.23. The van der Waals surface area contributed by atoms with E-state index in [1.807, 2.05) is 13.8 Å². The molecule has 8 heteroatoms. The van der Waals surface area contributed by atoms with Crippen molar-refractivity contribution in [2.75, 3.05) is 18.1 Å². The van der Waals surface area contributed by atoms with Crippen LogP contribution in [0.4, 0.5) is 0 Å². The Morgan fingerprint density at radius 3 is 2.69 bits per heavy atom. The highest BCUT2D eigenvalue weighted by Gasteiger charge is 2.33. The lowest BCUT2D eigenvalue weighted by Gasteiger charge is -2.26. The molecule has 146 valence electrons. The number of hydrogen-bond acceptors (Lipinski definition) is 4. The van der Waals surface area contributed by atoms with E-state index in [4.69, 9.17) is 11.6 Å². The molecule has 1 aliphatic heterocycles. The van der Waals surface area contributed by atoms with Crippen molar-refractivity contribution >= 4 is 33.4 Å². The van der Waals surface area contributed by atoms with Crippen molar-refractivity contribution < 1.29 is 13.2 Å². The van der Waals surface area contributed by atoms with E-state index in [9.17, 15) is 13.2 Å². The molecule has 1 aliphatic rings. The normalized spacial score (nSPS) is 19.5. The van der Waals surface area contributed by atoms with E-state index in [1.165, 1.54) is 6.08 Å². The first kappa shape index (κ1) is 21.0. The van der Waals surface area contributed by atoms with Gasteiger partial charge in [0.05, 0.1) is 17.2 Å². The van der Waals surface area contributed by atoms with Crippen molar-refractivity contribution in [3.63, 3.8) is 0 Å². The minimum absolute atomic E-state index is 0.0543. The van der Waals surface area contributed by atoms with E-state index in [0.29, 0.717) is 30.6 Å². The van der Waals surface area contributed by atoms with E-state index >= 15 is 0 Å². The van der Waals surface area contributed by atoms with Gasteiger partial charge in [0.2, 0.25) is 5.91 Å². The molecule has 26 heavy (non-hydrogen) atoms. The van der Waals surface area contributed by atoms with Crippen molar-refractivity contribution in [3.8, 4) is 0 Å². The zero-order chi connectivity index (χ0) is 19.5. The van der Waals surface area contributed by atoms with Gasteiger partial charge in [-0.2, -0.15) is 5.10 Å². The zero-order valence-corrected chi connectivity index (χ0v) is 17.5. The lowest BCUT2D eigenvalue weighted by molar-refractivity contribution is -0.127. The number of aromatic nitrogens is 2. The molecular weight excluding hydrogens is 374 g/mol. The van der Waals surface area contributed by atoms with E-state index < -0.39 is 9.84 Å². The van der Waals surface area contributed by atoms with Crippen LogP contribution in [0, 0.1) is 12.8 Å². The summed E-state index contributed by atoms with van der Waals surface area (Å²) < 4.78 is 25.2. The number of sulfone groups is 1. The maximum Gasteiger partial charge on any atom is 0.246 e. The molecule has 1 unspecified atom stereocenters. The van der Waals surface area contributed by atoms with Gasteiger partial charge < -0.3 is 4.90 Å². The molecule has 1 amide bonds. The molecule has 1 saturated heterocycles. The second-order valence-corrected chi connectivity index (χ2v) is 9.87. The minimum Gasteiger partial charge on any atom is -0.335 e. The van der Waals surface area contributed by atoms with Gasteiger partial charge >= 0.3 is 0 Å². The third kappa shape index (κ3) is 5.10. The molecule has 6 nitrogen and oxygen atoms in total. The summed E-state index contributed by atoms with van der Waals surface area (Å²) in [6, 6.07) is -0.239. The van der Waals surface area contributed by atoms with Crippen LogP contribution in [-0.2, 0) is 21.2 Å². The Bertz CT molecular complexity index is 784. The second-order valence-electron chi connectivity index (χ2n) is 7.29. The molecule has 2 heterocycles. The van der Waals surface area contributed by atoms with Crippen LogP contribution >= 0.6 is 11.6 Å². The number of carbonyl (C=O) groups excluding carboxylic acids is 1. The molecule has 0 spiro atoms. The predicted molar refractivity (Wildman–Crippen MR) is 105 cm³/mol. The van der Waals surface area contributed by atoms with Gasteiger partial charge in [0.15, 0.2) is 9.84 Å². The Morgan fingerprint density at radius 2 is 2.15 bits per heavy atom. The Balaban J connectivity index is 2.17. The zero-order valence-electron chi connectivity index (χ0n) is 15.9. The smallest absolute Gasteiger partial charge is 0.246 e. The van der Waals surface area contributed by atoms with Gasteiger partial charge in [-0.05, 0) is 31.8 Å². The van der Waals surface area contributed by atoms with Crippen LogP contribution in [0.3, 0.4) is 0 Å². The van der Waals surface area contributed by atoms with Crippen molar-refractivity contribution in [2.45, 2.75) is 53.1 Å². The summed E-state index contributed by atoms with van der Waals surface area (Å²) in [6.45, 7) is 9.27. The van der Waals surface area contributed by atoms with Gasteiger partial charge in [-0.1, -0.05) is 32.4 Å². The predicted octanol–water partition coefficient (Wildman–Crippen LogP) is 2.94. The van der Waals surface area contributed by atoms with Crippen LogP contribution in [0.1, 0.15) is 44.9 Å². The summed E-state index contributed by atoms with van der Waals surface area (Å²) in [5.41, 5.74) is 1.50. The molecule has 2 rings (SSSR count). The third-order valence-corrected chi connectivity index (χ3v) is 6.59. The Labute approximate surface area is 161 Å². The minimum atomic E-state index is -3.03. The molecule has 0 N–H and O–H groups in total. The molecule has 1 aromatic rings. The number of aryl methyl sites for hydroxylation is 1. The highest BCUT2D eigenvalue weighted by molar-refractivity contribution is 7.91. The van der Waals surface area contributed by atoms with E-state index in [2.05, 4.69) is 18.9 Å². The van der Waals surface area contributed by atoms with Crippen LogP contribution in [0.15, 0.2) is 6.08 Å². The van der Waals surface area contributed by atoms with E-state index in [0.717, 1.165) is 17.7 Å². The summed E-state index contributed by atoms with van der Waals surface area (Å²) in [7, 11) is -3.03. The first-order valence-electron chi connectivity index (χ1n) is 9.06. The molecule has 1 aromatic heterocycles. The maximum absolute atomic E-state index is 12.7. The lowest BCUT2D eigenvalue weighted by atomic mass is 10.2. The lowest BCUT2D eigenvalue weighted by Crippen LogP contribution is -2.40. The van der Waals surface area contributed by atoms with Crippen LogP contribution in [0.5, 0.6) is 0 Å². The average molecular weight is 402 g/mol. The molecule has 0 saturated carbocycles. The SMILES string of the molecule is CCCN(C(=O)C=Cc1c(C)nn(CC(C)C)c1Cl)C1CCS(=O)(=O)C1. The van der Waals surface area contributed by atoms with E-state index in [-0.39, 0.29) is 23.5 Å². The Morgan fingerprint density at radius 1 is 1.46 bits per heavy atom. The number of nitrogens with zero attached hydrogens (tertiary/aromatic N) is 3. The van der Waals surface area contributed by atoms with Gasteiger partial charge in [0, 0.05) is 30.8 Å². The number of hydrogen-bond donors (Lipinski definition) is 0. The average Bonchev–Trinajstić information content (AvgIpc) is 3.02. The number of rotatable bonds is 7. The van der Waals surface area contributed by atoms with Gasteiger partial charge in [0.25, 0.3) is 0 Å². The highest BCUT2D eigenvalue weighted by atomic mass is 35.5. The maximum atomic E-state index is 12.7. The van der Waals surface area contributed by atoms with Crippen molar-refractivity contribution in [1.82, 2.24) is 14.7 Å². The number of carbonyl (C=O) groups is 1. The molecule has 0 aliphatic carbocycles. The quantitative estimate of drug-likeness (QED) is 0.658. The van der Waals surface area contributed by atoms with Crippen LogP contribution in [0.2, 0.25) is 5.15 Å². The molecule has 0 radical (unpaired) electrons. The summed E-state index contributed by atoms with van der Waals surface area (Å²) in [5, 5.41) is 4.95. The van der Waals surface area contributed by atoms with Crippen LogP contribution in [0.25, 0.3) is 6.08 Å². The Hall–Kier alpha value is -1.34. The fourth-order valence-corrected chi connectivity index (χ4v) is 5.25. The van der Waals surface area contributed by atoms with Crippen LogP contribution < -0.4 is 0 Å². The topological polar surface area (TPSA) is 72.3 Å². The fourth-order valence-electron chi connectivity index (χ4n) is 3.21. The van der Waals surface area contributed by atoms with Gasteiger partial charge in [-0.25, -0.2) is 8.42 Å². The molecule has 0 bridgehead atoms. The second kappa shape index (κ2) is 8.57. The third-order valence-electron chi connectivity index (χ3n) is 4.44. The summed E-state index contributed by atoms with van der Waals surface area (Å²) in [4.78, 5) is 14.4. The molecular formula is C18H28ClN3O3S. The van der Waals surface area contributed by atoms with Gasteiger partial charge in [0.1, 0.15) is 5.15 Å². The van der Waals surface area contributed by atoms with Crippen molar-refractivity contribution in [1.29, 1.82) is 0 Å². The van der Waals surface area contributed by atoms with Gasteiger partial charge in [-0.3, -0.25) is 9.48 Å². The summed E-state index contributed by atoms with van der Waals surface area (Å²) in [5.74, 6) is 0.441. The molecule has 1 atom stereocenters. The standard InChI is InChI=1S/C18H28ClN3O3S/c1-5-9-21(15-8-10-26(24,25)12-15)17(23)7-6-16-14(4)20-22(18(16)19)11-13(2)3/h6-7,13,15H,5,8-12H2,1-4H3. The number of amides is 1. The van der Waals surface area contributed by atoms with E-state index in [1.54, 1.807) is 15.7 Å². The first-order chi connectivity index (χ1) is 12.1. The van der Waals surface area contributed by atoms with Crippen molar-refractivity contribution in [3.05, 3.63) is 22.5 Å². The molecule has 1 fully saturated rings. The fraction of sp³-hybridized carbons (Fsp3) is 0.667. The van der Waals surface area contributed by atoms with Crippen LogP contribution in [-0.4, -0.2) is 53.1 Å². The largest absolute Gasteiger partial charge is 0.335 e. The van der Waals surface area contributed by atoms with Crippen molar-refractivity contribution in [2.24, 2.45) is 5.92 Å². The number of halogens is 1.